The Morgan fingerprint density at radius 3 is 2.92 bits per heavy atom. The van der Waals surface area contributed by atoms with E-state index in [0.29, 0.717) is 12.2 Å². The van der Waals surface area contributed by atoms with E-state index >= 15 is 0 Å². The van der Waals surface area contributed by atoms with E-state index in [1.54, 1.807) is 6.08 Å². The molecule has 4 nitrogen and oxygen atoms in total. The molecule has 0 amide bonds. The van der Waals surface area contributed by atoms with Crippen molar-refractivity contribution < 1.29 is 15.0 Å². The first-order chi connectivity index (χ1) is 6.09. The van der Waals surface area contributed by atoms with E-state index in [0.717, 1.165) is 12.0 Å². The molecular formula is C9H13NO3. The van der Waals surface area contributed by atoms with Gasteiger partial charge in [-0.05, 0) is 24.5 Å². The lowest BCUT2D eigenvalue weighted by Crippen LogP contribution is -2.30. The average molecular weight is 183 g/mol. The Balaban J connectivity index is 2.55. The molecule has 0 aromatic carbocycles. The molecule has 4 heteroatoms. The molecular weight excluding hydrogens is 170 g/mol. The number of nitrogens with two attached hydrogens (primary N) is 1. The summed E-state index contributed by atoms with van der Waals surface area (Å²) in [5.74, 6) is -0.713. The highest BCUT2D eigenvalue weighted by Gasteiger charge is 2.14. The maximum absolute atomic E-state index is 10.4. The number of aliphatic carboxylic acids is 1. The topological polar surface area (TPSA) is 83.5 Å². The fraction of sp³-hybridized carbons (Fsp3) is 0.444. The molecule has 0 heterocycles. The van der Waals surface area contributed by atoms with Gasteiger partial charge in [-0.3, -0.25) is 4.79 Å². The van der Waals surface area contributed by atoms with Gasteiger partial charge in [-0.25, -0.2) is 0 Å². The third kappa shape index (κ3) is 2.91. The van der Waals surface area contributed by atoms with Crippen molar-refractivity contribution in [3.63, 3.8) is 0 Å². The zero-order valence-corrected chi connectivity index (χ0v) is 7.23. The van der Waals surface area contributed by atoms with Gasteiger partial charge >= 0.3 is 5.97 Å². The van der Waals surface area contributed by atoms with Gasteiger partial charge in [0.1, 0.15) is 6.04 Å². The molecule has 4 N–H and O–H groups in total. The number of carboxylic acids is 1. The van der Waals surface area contributed by atoms with Crippen molar-refractivity contribution in [1.29, 1.82) is 0 Å². The van der Waals surface area contributed by atoms with E-state index in [4.69, 9.17) is 15.9 Å². The van der Waals surface area contributed by atoms with Crippen molar-refractivity contribution in [3.05, 3.63) is 23.5 Å². The number of rotatable bonds is 3. The maximum Gasteiger partial charge on any atom is 0.320 e. The predicted molar refractivity (Wildman–Crippen MR) is 48.3 cm³/mol. The molecule has 0 saturated heterocycles. The molecule has 72 valence electrons. The van der Waals surface area contributed by atoms with Crippen LogP contribution in [-0.4, -0.2) is 22.2 Å². The molecule has 0 bridgehead atoms. The summed E-state index contributed by atoms with van der Waals surface area (Å²) < 4.78 is 0. The van der Waals surface area contributed by atoms with Gasteiger partial charge in [-0.2, -0.15) is 0 Å². The summed E-state index contributed by atoms with van der Waals surface area (Å²) in [5, 5.41) is 17.7. The third-order valence-electron chi connectivity index (χ3n) is 1.93. The van der Waals surface area contributed by atoms with E-state index in [2.05, 4.69) is 0 Å². The lowest BCUT2D eigenvalue weighted by Gasteiger charge is -2.11. The van der Waals surface area contributed by atoms with Crippen LogP contribution in [0.2, 0.25) is 0 Å². The number of carbonyl (C=O) groups is 1. The molecule has 1 unspecified atom stereocenters. The van der Waals surface area contributed by atoms with Gasteiger partial charge in [-0.1, -0.05) is 6.08 Å². The molecule has 0 aliphatic heterocycles. The van der Waals surface area contributed by atoms with Crippen molar-refractivity contribution in [2.75, 3.05) is 0 Å². The number of hydrogen-bond acceptors (Lipinski definition) is 3. The van der Waals surface area contributed by atoms with Crippen molar-refractivity contribution in [2.45, 2.75) is 25.3 Å². The van der Waals surface area contributed by atoms with Crippen LogP contribution in [0, 0.1) is 0 Å². The fourth-order valence-corrected chi connectivity index (χ4v) is 1.23. The Labute approximate surface area is 76.4 Å². The summed E-state index contributed by atoms with van der Waals surface area (Å²) in [7, 11) is 0. The highest BCUT2D eigenvalue weighted by molar-refractivity contribution is 5.73. The van der Waals surface area contributed by atoms with Crippen LogP contribution < -0.4 is 5.73 Å². The van der Waals surface area contributed by atoms with Crippen LogP contribution >= 0.6 is 0 Å². The lowest BCUT2D eigenvalue weighted by atomic mass is 9.99. The summed E-state index contributed by atoms with van der Waals surface area (Å²) in [6.07, 6.45) is 5.16. The van der Waals surface area contributed by atoms with Crippen LogP contribution in [0.15, 0.2) is 23.5 Å². The zero-order valence-electron chi connectivity index (χ0n) is 7.23. The van der Waals surface area contributed by atoms with Crippen molar-refractivity contribution in [1.82, 2.24) is 0 Å². The fourth-order valence-electron chi connectivity index (χ4n) is 1.23. The van der Waals surface area contributed by atoms with Gasteiger partial charge in [0.05, 0.1) is 5.76 Å². The summed E-state index contributed by atoms with van der Waals surface area (Å²) in [4.78, 5) is 10.4. The second-order valence-electron chi connectivity index (χ2n) is 3.10. The van der Waals surface area contributed by atoms with Crippen LogP contribution in [0.1, 0.15) is 19.3 Å². The first-order valence-corrected chi connectivity index (χ1v) is 4.16. The molecule has 0 fully saturated rings. The molecule has 0 saturated carbocycles. The second-order valence-corrected chi connectivity index (χ2v) is 3.10. The smallest absolute Gasteiger partial charge is 0.320 e. The lowest BCUT2D eigenvalue weighted by molar-refractivity contribution is -0.138. The minimum absolute atomic E-state index is 0.277. The summed E-state index contributed by atoms with van der Waals surface area (Å²) in [6.45, 7) is 0. The Kier molecular flexibility index (Phi) is 3.08. The minimum Gasteiger partial charge on any atom is -0.512 e. The Morgan fingerprint density at radius 2 is 2.38 bits per heavy atom. The normalized spacial score (nSPS) is 18.8. The number of hydrogen-bond donors (Lipinski definition) is 3. The molecule has 13 heavy (non-hydrogen) atoms. The summed E-state index contributed by atoms with van der Waals surface area (Å²) in [5.41, 5.74) is 6.15. The van der Waals surface area contributed by atoms with Crippen LogP contribution in [0.25, 0.3) is 0 Å². The monoisotopic (exact) mass is 183 g/mol. The van der Waals surface area contributed by atoms with Crippen molar-refractivity contribution in [3.8, 4) is 0 Å². The van der Waals surface area contributed by atoms with E-state index < -0.39 is 12.0 Å². The zero-order chi connectivity index (χ0) is 9.84. The molecule has 0 aromatic heterocycles. The van der Waals surface area contributed by atoms with Gasteiger partial charge in [0.15, 0.2) is 0 Å². The van der Waals surface area contributed by atoms with Gasteiger partial charge in [0.25, 0.3) is 0 Å². The van der Waals surface area contributed by atoms with Gasteiger partial charge in [0, 0.05) is 6.42 Å². The second kappa shape index (κ2) is 4.09. The Morgan fingerprint density at radius 1 is 1.69 bits per heavy atom. The highest BCUT2D eigenvalue weighted by atomic mass is 16.4. The number of aliphatic hydroxyl groups is 1. The number of aliphatic hydroxyl groups excluding tert-OH is 1. The first kappa shape index (κ1) is 9.80. The van der Waals surface area contributed by atoms with Gasteiger partial charge in [0.2, 0.25) is 0 Å². The average Bonchev–Trinajstić information content (AvgIpc) is 2.04. The number of allylic oxidation sites excluding steroid dienone is 3. The first-order valence-electron chi connectivity index (χ1n) is 4.16. The molecule has 1 rings (SSSR count). The van der Waals surface area contributed by atoms with Crippen LogP contribution in [0.4, 0.5) is 0 Å². The molecule has 0 spiro atoms. The van der Waals surface area contributed by atoms with Crippen LogP contribution in [0.5, 0.6) is 0 Å². The summed E-state index contributed by atoms with van der Waals surface area (Å²) in [6, 6.07) is -0.881. The van der Waals surface area contributed by atoms with E-state index in [-0.39, 0.29) is 6.42 Å². The maximum atomic E-state index is 10.4. The van der Waals surface area contributed by atoms with Crippen LogP contribution in [-0.2, 0) is 4.79 Å². The molecule has 0 aromatic rings. The third-order valence-corrected chi connectivity index (χ3v) is 1.93. The van der Waals surface area contributed by atoms with E-state index in [1.807, 2.05) is 6.08 Å². The predicted octanol–water partition coefficient (Wildman–Crippen LogP) is 0.951. The Hall–Kier alpha value is -1.29. The van der Waals surface area contributed by atoms with E-state index in [9.17, 15) is 4.79 Å². The number of carboxylic acid groups (broad SMARTS) is 1. The Bertz CT molecular complexity index is 268. The van der Waals surface area contributed by atoms with Crippen LogP contribution in [0.3, 0.4) is 0 Å². The highest BCUT2D eigenvalue weighted by Crippen LogP contribution is 2.18. The molecule has 1 atom stereocenters. The largest absolute Gasteiger partial charge is 0.512 e. The molecule has 0 radical (unpaired) electrons. The van der Waals surface area contributed by atoms with Crippen molar-refractivity contribution in [2.24, 2.45) is 5.73 Å². The standard InChI is InChI=1S/C9H13NO3/c10-8(9(12)13)5-6-2-1-3-7(11)4-6/h2,4,8,11H,1,3,5,10H2,(H,12,13). The van der Waals surface area contributed by atoms with Gasteiger partial charge in [-0.15, -0.1) is 0 Å². The molecule has 1 aliphatic rings. The summed E-state index contributed by atoms with van der Waals surface area (Å²) >= 11 is 0. The minimum atomic E-state index is -1.01. The van der Waals surface area contributed by atoms with E-state index in [1.165, 1.54) is 0 Å². The molecule has 1 aliphatic carbocycles. The quantitative estimate of drug-likeness (QED) is 0.608. The van der Waals surface area contributed by atoms with Gasteiger partial charge < -0.3 is 15.9 Å². The van der Waals surface area contributed by atoms with Crippen molar-refractivity contribution >= 4 is 5.97 Å². The SMILES string of the molecule is NC(CC1=CCCC(O)=C1)C(=O)O.